The average Bonchev–Trinajstić information content (AvgIpc) is 2.68. The fourth-order valence-electron chi connectivity index (χ4n) is 3.30. The predicted molar refractivity (Wildman–Crippen MR) is 106 cm³/mol. The number of nitrogens with one attached hydrogen (secondary N) is 1. The van der Waals surface area contributed by atoms with Crippen molar-refractivity contribution >= 4 is 17.4 Å². The highest BCUT2D eigenvalue weighted by Crippen LogP contribution is 2.26. The normalized spacial score (nSPS) is 15.3. The summed E-state index contributed by atoms with van der Waals surface area (Å²) in [5.41, 5.74) is 2.96. The van der Waals surface area contributed by atoms with Gasteiger partial charge in [-0.15, -0.1) is 0 Å². The molecule has 1 saturated heterocycles. The topological polar surface area (TPSA) is 48.5 Å². The highest BCUT2D eigenvalue weighted by Gasteiger charge is 2.21. The van der Waals surface area contributed by atoms with Gasteiger partial charge in [0.15, 0.2) is 0 Å². The van der Waals surface area contributed by atoms with Crippen LogP contribution in [0.25, 0.3) is 0 Å². The molecule has 1 aromatic carbocycles. The van der Waals surface area contributed by atoms with E-state index in [9.17, 15) is 4.79 Å². The minimum absolute atomic E-state index is 0.0717. The molecule has 1 amide bonds. The van der Waals surface area contributed by atoms with Crippen LogP contribution in [-0.2, 0) is 0 Å². The smallest absolute Gasteiger partial charge is 0.255 e. The second-order valence-corrected chi connectivity index (χ2v) is 7.03. The number of amides is 1. The molecule has 0 aliphatic carbocycles. The molecule has 138 valence electrons. The van der Waals surface area contributed by atoms with Crippen LogP contribution in [0.15, 0.2) is 42.6 Å². The molecule has 1 aromatic heterocycles. The Morgan fingerprint density at radius 1 is 1.12 bits per heavy atom. The molecule has 5 nitrogen and oxygen atoms in total. The number of carbonyl (C=O) groups is 1. The van der Waals surface area contributed by atoms with E-state index in [1.807, 2.05) is 29.2 Å². The van der Waals surface area contributed by atoms with Crippen molar-refractivity contribution in [1.29, 1.82) is 0 Å². The van der Waals surface area contributed by atoms with Crippen molar-refractivity contribution in [2.45, 2.75) is 26.7 Å². The van der Waals surface area contributed by atoms with Gasteiger partial charge in [0.1, 0.15) is 5.82 Å². The minimum Gasteiger partial charge on any atom is -0.340 e. The summed E-state index contributed by atoms with van der Waals surface area (Å²) >= 11 is 0. The van der Waals surface area contributed by atoms with E-state index in [-0.39, 0.29) is 5.91 Å². The molecule has 1 N–H and O–H groups in total. The molecule has 3 rings (SSSR count). The Balaban J connectivity index is 1.66. The van der Waals surface area contributed by atoms with E-state index >= 15 is 0 Å². The summed E-state index contributed by atoms with van der Waals surface area (Å²) in [7, 11) is 0. The molecule has 0 unspecified atom stereocenters. The van der Waals surface area contributed by atoms with Crippen LogP contribution < -0.4 is 5.32 Å². The second kappa shape index (κ2) is 8.32. The van der Waals surface area contributed by atoms with Crippen molar-refractivity contribution in [2.24, 2.45) is 0 Å². The molecular weight excluding hydrogens is 324 g/mol. The molecule has 0 atom stereocenters. The number of carbonyl (C=O) groups excluding carboxylic acids is 1. The number of rotatable bonds is 5. The van der Waals surface area contributed by atoms with E-state index in [1.165, 1.54) is 5.56 Å². The molecule has 1 aliphatic rings. The first kappa shape index (κ1) is 18.4. The Morgan fingerprint density at radius 2 is 1.85 bits per heavy atom. The Hall–Kier alpha value is -2.40. The van der Waals surface area contributed by atoms with Gasteiger partial charge in [-0.3, -0.25) is 4.79 Å². The summed E-state index contributed by atoms with van der Waals surface area (Å²) in [6, 6.07) is 12.0. The molecule has 2 heterocycles. The number of nitrogens with zero attached hydrogens (tertiary/aromatic N) is 3. The van der Waals surface area contributed by atoms with E-state index in [0.29, 0.717) is 11.5 Å². The Labute approximate surface area is 156 Å². The van der Waals surface area contributed by atoms with Gasteiger partial charge in [-0.2, -0.15) is 0 Å². The maximum atomic E-state index is 12.7. The first-order valence-corrected chi connectivity index (χ1v) is 9.42. The van der Waals surface area contributed by atoms with Gasteiger partial charge in [-0.25, -0.2) is 4.98 Å². The van der Waals surface area contributed by atoms with Crippen molar-refractivity contribution in [3.05, 3.63) is 53.7 Å². The molecular formula is C21H28N4O. The highest BCUT2D eigenvalue weighted by atomic mass is 16.2. The number of likely N-dealkylation sites (N-methyl/N-ethyl adjacent to an activating group) is 1. The van der Waals surface area contributed by atoms with Gasteiger partial charge in [0.2, 0.25) is 0 Å². The molecule has 2 aromatic rings. The largest absolute Gasteiger partial charge is 0.340 e. The molecule has 0 spiro atoms. The standard InChI is InChI=1S/C21H28N4O/c1-4-24-11-13-25(14-12-24)21(26)17-9-10-20(22-15-17)23-19-8-6-5-7-18(19)16(2)3/h5-10,15-16H,4,11-14H2,1-3H3,(H,22,23). The van der Waals surface area contributed by atoms with Crippen LogP contribution in [0.3, 0.4) is 0 Å². The third kappa shape index (κ3) is 4.22. The van der Waals surface area contributed by atoms with Gasteiger partial charge in [0.25, 0.3) is 5.91 Å². The van der Waals surface area contributed by atoms with Gasteiger partial charge in [-0.1, -0.05) is 39.0 Å². The lowest BCUT2D eigenvalue weighted by molar-refractivity contribution is 0.0643. The molecule has 5 heteroatoms. The van der Waals surface area contributed by atoms with Crippen LogP contribution in [0.2, 0.25) is 0 Å². The van der Waals surface area contributed by atoms with E-state index in [0.717, 1.165) is 44.2 Å². The number of hydrogen-bond donors (Lipinski definition) is 1. The van der Waals surface area contributed by atoms with E-state index < -0.39 is 0 Å². The Kier molecular flexibility index (Phi) is 5.89. The van der Waals surface area contributed by atoms with E-state index in [4.69, 9.17) is 0 Å². The average molecular weight is 352 g/mol. The van der Waals surface area contributed by atoms with Crippen molar-refractivity contribution in [2.75, 3.05) is 38.0 Å². The Bertz CT molecular complexity index is 734. The van der Waals surface area contributed by atoms with Gasteiger partial charge < -0.3 is 15.1 Å². The number of benzene rings is 1. The van der Waals surface area contributed by atoms with Crippen molar-refractivity contribution in [1.82, 2.24) is 14.8 Å². The fraction of sp³-hybridized carbons (Fsp3) is 0.429. The summed E-state index contributed by atoms with van der Waals surface area (Å²) < 4.78 is 0. The fourth-order valence-corrected chi connectivity index (χ4v) is 3.30. The third-order valence-electron chi connectivity index (χ3n) is 4.96. The zero-order chi connectivity index (χ0) is 18.5. The highest BCUT2D eigenvalue weighted by molar-refractivity contribution is 5.94. The van der Waals surface area contributed by atoms with Crippen LogP contribution in [0, 0.1) is 0 Å². The van der Waals surface area contributed by atoms with Crippen molar-refractivity contribution < 1.29 is 4.79 Å². The van der Waals surface area contributed by atoms with Gasteiger partial charge >= 0.3 is 0 Å². The summed E-state index contributed by atoms with van der Waals surface area (Å²) in [5.74, 6) is 1.26. The molecule has 1 aliphatic heterocycles. The van der Waals surface area contributed by atoms with Crippen molar-refractivity contribution in [3.8, 4) is 0 Å². The van der Waals surface area contributed by atoms with Crippen LogP contribution >= 0.6 is 0 Å². The number of piperazine rings is 1. The van der Waals surface area contributed by atoms with E-state index in [2.05, 4.69) is 48.1 Å². The Morgan fingerprint density at radius 3 is 2.46 bits per heavy atom. The molecule has 1 fully saturated rings. The van der Waals surface area contributed by atoms with Gasteiger partial charge in [0.05, 0.1) is 5.56 Å². The monoisotopic (exact) mass is 352 g/mol. The molecule has 0 saturated carbocycles. The van der Waals surface area contributed by atoms with Gasteiger partial charge in [0, 0.05) is 38.1 Å². The first-order chi connectivity index (χ1) is 12.6. The number of pyridine rings is 1. The number of anilines is 2. The summed E-state index contributed by atoms with van der Waals surface area (Å²) in [5, 5.41) is 3.37. The summed E-state index contributed by atoms with van der Waals surface area (Å²) in [4.78, 5) is 21.4. The number of para-hydroxylation sites is 1. The van der Waals surface area contributed by atoms with Crippen molar-refractivity contribution in [3.63, 3.8) is 0 Å². The molecule has 0 bridgehead atoms. The maximum absolute atomic E-state index is 12.7. The zero-order valence-corrected chi connectivity index (χ0v) is 15.9. The SMILES string of the molecule is CCN1CCN(C(=O)c2ccc(Nc3ccccc3C(C)C)nc2)CC1. The van der Waals surface area contributed by atoms with Crippen LogP contribution in [0.1, 0.15) is 42.6 Å². The van der Waals surface area contributed by atoms with Gasteiger partial charge in [-0.05, 0) is 36.2 Å². The predicted octanol–water partition coefficient (Wildman–Crippen LogP) is 3.73. The number of aromatic nitrogens is 1. The van der Waals surface area contributed by atoms with E-state index in [1.54, 1.807) is 6.20 Å². The third-order valence-corrected chi connectivity index (χ3v) is 4.96. The zero-order valence-electron chi connectivity index (χ0n) is 15.9. The second-order valence-electron chi connectivity index (χ2n) is 7.03. The lowest BCUT2D eigenvalue weighted by atomic mass is 10.0. The number of hydrogen-bond acceptors (Lipinski definition) is 4. The summed E-state index contributed by atoms with van der Waals surface area (Å²) in [6.07, 6.45) is 1.68. The lowest BCUT2D eigenvalue weighted by Gasteiger charge is -2.34. The maximum Gasteiger partial charge on any atom is 0.255 e. The minimum atomic E-state index is 0.0717. The van der Waals surface area contributed by atoms with Crippen LogP contribution in [0.4, 0.5) is 11.5 Å². The molecule has 26 heavy (non-hydrogen) atoms. The quantitative estimate of drug-likeness (QED) is 0.891. The lowest BCUT2D eigenvalue weighted by Crippen LogP contribution is -2.48. The van der Waals surface area contributed by atoms with Crippen LogP contribution in [0.5, 0.6) is 0 Å². The molecule has 0 radical (unpaired) electrons. The first-order valence-electron chi connectivity index (χ1n) is 9.42. The van der Waals surface area contributed by atoms with Crippen LogP contribution in [-0.4, -0.2) is 53.4 Å². The summed E-state index contributed by atoms with van der Waals surface area (Å²) in [6.45, 7) is 11.0.